The molecule has 0 bridgehead atoms. The van der Waals surface area contributed by atoms with Gasteiger partial charge in [0.05, 0.1) is 23.5 Å². The predicted octanol–water partition coefficient (Wildman–Crippen LogP) is 10.9. The zero-order valence-electron chi connectivity index (χ0n) is 35.2. The maximum absolute atomic E-state index is 12.7. The minimum absolute atomic E-state index is 0.0991. The highest BCUT2D eigenvalue weighted by Gasteiger charge is 2.33. The smallest absolute Gasteiger partial charge is 0.408 e. The molecule has 2 heterocycles. The summed E-state index contributed by atoms with van der Waals surface area (Å²) in [6, 6.07) is 20.2. The van der Waals surface area contributed by atoms with E-state index < -0.39 is 17.3 Å². The van der Waals surface area contributed by atoms with Crippen molar-refractivity contribution >= 4 is 58.0 Å². The van der Waals surface area contributed by atoms with Gasteiger partial charge in [0.25, 0.3) is 0 Å². The number of carbonyl (C=O) groups excluding carboxylic acids is 2. The molecule has 4 unspecified atom stereocenters. The fraction of sp³-hybridized carbons (Fsp3) is 0.522. The number of thiocarbonyl (C=S) groups is 2. The Morgan fingerprint density at radius 3 is 1.72 bits per heavy atom. The fourth-order valence-corrected chi connectivity index (χ4v) is 8.40. The number of nitrogens with one attached hydrogen (secondary N) is 4. The molecule has 2 amide bonds. The number of benzene rings is 3. The number of anilines is 2. The number of ether oxygens (including phenoxy) is 4. The number of carbonyl (C=O) groups is 2. The lowest BCUT2D eigenvalue weighted by Crippen LogP contribution is -2.38. The predicted molar refractivity (Wildman–Crippen MR) is 238 cm³/mol. The van der Waals surface area contributed by atoms with Gasteiger partial charge < -0.3 is 40.2 Å². The molecule has 4 aliphatic rings. The van der Waals surface area contributed by atoms with Crippen LogP contribution in [-0.2, 0) is 22.3 Å². The Morgan fingerprint density at radius 1 is 0.724 bits per heavy atom. The van der Waals surface area contributed by atoms with Crippen LogP contribution in [0.4, 0.5) is 21.0 Å². The number of rotatable bonds is 7. The minimum Gasteiger partial charge on any atom is -0.481 e. The van der Waals surface area contributed by atoms with Crippen molar-refractivity contribution in [1.29, 1.82) is 0 Å². The van der Waals surface area contributed by atoms with Crippen LogP contribution < -0.4 is 30.7 Å². The molecule has 312 valence electrons. The van der Waals surface area contributed by atoms with Crippen LogP contribution >= 0.6 is 24.4 Å². The van der Waals surface area contributed by atoms with Crippen molar-refractivity contribution in [2.45, 2.75) is 142 Å². The first-order valence-electron chi connectivity index (χ1n) is 20.7. The molecule has 1 saturated carbocycles. The molecule has 0 aromatic heterocycles. The van der Waals surface area contributed by atoms with Crippen molar-refractivity contribution in [2.75, 3.05) is 10.6 Å². The van der Waals surface area contributed by atoms with Gasteiger partial charge >= 0.3 is 12.2 Å². The molecule has 4 atom stereocenters. The molecule has 3 aromatic rings. The van der Waals surface area contributed by atoms with Crippen molar-refractivity contribution in [3.05, 3.63) is 82.9 Å². The normalized spacial score (nSPS) is 20.1. The number of hydrogen-bond donors (Lipinski definition) is 4. The van der Waals surface area contributed by atoms with Gasteiger partial charge in [-0.25, -0.2) is 9.59 Å². The van der Waals surface area contributed by atoms with Crippen molar-refractivity contribution in [3.8, 4) is 11.5 Å². The zero-order chi connectivity index (χ0) is 41.8. The van der Waals surface area contributed by atoms with Gasteiger partial charge in [-0.1, -0.05) is 92.9 Å². The summed E-state index contributed by atoms with van der Waals surface area (Å²) in [6.45, 7) is 15.1. The Kier molecular flexibility index (Phi) is 13.6. The van der Waals surface area contributed by atoms with Crippen LogP contribution in [0.25, 0.3) is 0 Å². The Balaban J connectivity index is 0.000000196. The molecule has 0 spiro atoms. The number of alkyl carbamates (subject to hydrolysis) is 2. The molecule has 7 rings (SSSR count). The first-order valence-corrected chi connectivity index (χ1v) is 21.5. The van der Waals surface area contributed by atoms with E-state index in [2.05, 4.69) is 45.5 Å². The number of amides is 2. The molecule has 4 N–H and O–H groups in total. The standard InChI is InChI=1S/C24H28N2O3S.C22H32N2O3S/c1-14-22(30)25-19-13-17(9-10-20(19)28-14)21(26-23(27)29-24(2,3)4)18-11-15-7-5-6-8-16(15)12-18;1-14-20(28)23-18-13-16(10-11-19(18)26-14)17(12-15-8-6-5-7-9-15)24-21(25)27-22(2,3)4/h5-10,13-14,18,21H,11-12H2,1-4H3,(H,25,30)(H,26,27);10-11,13-15,17H,5-9,12H2,1-4H3,(H,23,28)(H,24,25). The lowest BCUT2D eigenvalue weighted by molar-refractivity contribution is 0.0477. The largest absolute Gasteiger partial charge is 0.481 e. The summed E-state index contributed by atoms with van der Waals surface area (Å²) in [5.74, 6) is 2.42. The summed E-state index contributed by atoms with van der Waals surface area (Å²) >= 11 is 10.7. The first-order chi connectivity index (χ1) is 27.4. The molecule has 0 saturated heterocycles. The lowest BCUT2D eigenvalue weighted by Gasteiger charge is -2.30. The zero-order valence-corrected chi connectivity index (χ0v) is 36.8. The van der Waals surface area contributed by atoms with Crippen LogP contribution in [-0.4, -0.2) is 45.6 Å². The van der Waals surface area contributed by atoms with Crippen LogP contribution in [0, 0.1) is 11.8 Å². The van der Waals surface area contributed by atoms with Gasteiger partial charge in [0, 0.05) is 0 Å². The molecule has 1 fully saturated rings. The van der Waals surface area contributed by atoms with E-state index in [0.717, 1.165) is 53.3 Å². The highest BCUT2D eigenvalue weighted by atomic mass is 32.1. The summed E-state index contributed by atoms with van der Waals surface area (Å²) < 4.78 is 22.8. The highest BCUT2D eigenvalue weighted by Crippen LogP contribution is 2.40. The first kappa shape index (κ1) is 43.2. The summed E-state index contributed by atoms with van der Waals surface area (Å²) in [5.41, 5.74) is 5.35. The third-order valence-corrected chi connectivity index (χ3v) is 11.7. The van der Waals surface area contributed by atoms with Gasteiger partial charge in [-0.3, -0.25) is 0 Å². The van der Waals surface area contributed by atoms with Crippen LogP contribution in [0.3, 0.4) is 0 Å². The van der Waals surface area contributed by atoms with E-state index in [1.165, 1.54) is 43.2 Å². The molecule has 10 nitrogen and oxygen atoms in total. The fourth-order valence-electron chi connectivity index (χ4n) is 8.08. The average Bonchev–Trinajstić information content (AvgIpc) is 3.58. The van der Waals surface area contributed by atoms with Crippen LogP contribution in [0.15, 0.2) is 60.7 Å². The number of hydrogen-bond acceptors (Lipinski definition) is 8. The Morgan fingerprint density at radius 2 is 1.21 bits per heavy atom. The molecule has 0 radical (unpaired) electrons. The minimum atomic E-state index is -0.555. The van der Waals surface area contributed by atoms with E-state index in [1.807, 2.05) is 91.8 Å². The van der Waals surface area contributed by atoms with E-state index in [1.54, 1.807) is 0 Å². The van der Waals surface area contributed by atoms with Crippen molar-refractivity contribution in [2.24, 2.45) is 11.8 Å². The van der Waals surface area contributed by atoms with E-state index in [4.69, 9.17) is 43.4 Å². The van der Waals surface area contributed by atoms with Gasteiger partial charge in [-0.15, -0.1) is 0 Å². The van der Waals surface area contributed by atoms with Crippen LogP contribution in [0.1, 0.15) is 128 Å². The molecule has 58 heavy (non-hydrogen) atoms. The van der Waals surface area contributed by atoms with Crippen molar-refractivity contribution in [1.82, 2.24) is 10.6 Å². The Hall–Kier alpha value is -4.42. The van der Waals surface area contributed by atoms with Crippen molar-refractivity contribution in [3.63, 3.8) is 0 Å². The van der Waals surface area contributed by atoms with Crippen LogP contribution in [0.5, 0.6) is 11.5 Å². The molecule has 2 aliphatic heterocycles. The summed E-state index contributed by atoms with van der Waals surface area (Å²) in [4.78, 5) is 26.5. The van der Waals surface area contributed by atoms with Crippen molar-refractivity contribution < 1.29 is 28.5 Å². The highest BCUT2D eigenvalue weighted by molar-refractivity contribution is 7.81. The van der Waals surface area contributed by atoms with Gasteiger partial charge in [0.1, 0.15) is 44.9 Å². The SMILES string of the molecule is CC1Oc2ccc(C(CC3CCCCC3)NC(=O)OC(C)(C)C)cc2NC1=S.CC1Oc2ccc(C(NC(=O)OC(C)(C)C)C3Cc4ccccc4C3)cc2NC1=S. The third-order valence-electron chi connectivity index (χ3n) is 10.8. The van der Waals surface area contributed by atoms with E-state index in [9.17, 15) is 9.59 Å². The number of fused-ring (bicyclic) bond motifs is 3. The molecule has 2 aliphatic carbocycles. The van der Waals surface area contributed by atoms with Gasteiger partial charge in [-0.05, 0) is 133 Å². The maximum Gasteiger partial charge on any atom is 0.408 e. The summed E-state index contributed by atoms with van der Waals surface area (Å²) in [6.07, 6.45) is 7.97. The Bertz CT molecular complexity index is 1960. The topological polar surface area (TPSA) is 119 Å². The molecule has 3 aromatic carbocycles. The second kappa shape index (κ2) is 18.2. The lowest BCUT2D eigenvalue weighted by atomic mass is 9.83. The second-order valence-electron chi connectivity index (χ2n) is 18.0. The second-order valence-corrected chi connectivity index (χ2v) is 18.9. The van der Waals surface area contributed by atoms with Gasteiger partial charge in [0.15, 0.2) is 0 Å². The summed E-state index contributed by atoms with van der Waals surface area (Å²) in [7, 11) is 0. The average molecular weight is 829 g/mol. The molecule has 12 heteroatoms. The Labute approximate surface area is 354 Å². The van der Waals surface area contributed by atoms with Crippen LogP contribution in [0.2, 0.25) is 0 Å². The van der Waals surface area contributed by atoms with E-state index >= 15 is 0 Å². The van der Waals surface area contributed by atoms with Gasteiger partial charge in [-0.2, -0.15) is 0 Å². The third kappa shape index (κ3) is 11.6. The van der Waals surface area contributed by atoms with E-state index in [-0.39, 0.29) is 36.3 Å². The van der Waals surface area contributed by atoms with E-state index in [0.29, 0.717) is 15.9 Å². The maximum atomic E-state index is 12.7. The molecular weight excluding hydrogens is 769 g/mol. The quantitative estimate of drug-likeness (QED) is 0.171. The molecular formula is C46H60N4O6S2. The summed E-state index contributed by atoms with van der Waals surface area (Å²) in [5, 5.41) is 12.8. The van der Waals surface area contributed by atoms with Gasteiger partial charge in [0.2, 0.25) is 0 Å². The monoisotopic (exact) mass is 828 g/mol.